The van der Waals surface area contributed by atoms with E-state index in [9.17, 15) is 0 Å². The first-order valence-corrected chi connectivity index (χ1v) is 50.5. The monoisotopic (exact) mass is 1620 g/mol. The smallest absolute Gasteiger partial charge is 0.252 e. The van der Waals surface area contributed by atoms with Gasteiger partial charge in [-0.15, -0.1) is 0 Å². The molecule has 2 aliphatic heterocycles. The molecule has 0 bridgehead atoms. The molecule has 1 aromatic heterocycles. The molecule has 20 aromatic rings. The lowest BCUT2D eigenvalue weighted by Crippen LogP contribution is -2.76. The highest BCUT2D eigenvalue weighted by molar-refractivity contribution is 7.22. The molecule has 0 N–H and O–H groups in total. The number of aromatic nitrogens is 1. The predicted molar refractivity (Wildman–Crippen MR) is 529 cm³/mol. The fourth-order valence-electron chi connectivity index (χ4n) is 21.3. The molecule has 574 valence electrons. The minimum absolute atomic E-state index is 0.338. The molecule has 22 rings (SSSR count). The molecule has 3 nitrogen and oxygen atoms in total. The van der Waals surface area contributed by atoms with E-state index >= 15 is 0 Å². The van der Waals surface area contributed by atoms with Gasteiger partial charge in [-0.05, 0) is 160 Å². The minimum atomic E-state index is -3.26. The van der Waals surface area contributed by atoms with E-state index in [1.807, 2.05) is 0 Å². The van der Waals surface area contributed by atoms with Crippen molar-refractivity contribution in [1.29, 1.82) is 0 Å². The van der Waals surface area contributed by atoms with E-state index in [0.717, 1.165) is 50.8 Å². The first-order valence-electron chi connectivity index (χ1n) is 42.5. The summed E-state index contributed by atoms with van der Waals surface area (Å²) in [5.41, 5.74) is 13.7. The number of benzene rings is 19. The van der Waals surface area contributed by atoms with E-state index in [-0.39, 0.29) is 6.71 Å². The number of hydrogen-bond acceptors (Lipinski definition) is 2. The maximum absolute atomic E-state index is 3.26. The van der Waals surface area contributed by atoms with Gasteiger partial charge in [-0.1, -0.05) is 449 Å². The Balaban J connectivity index is 0.890. The summed E-state index contributed by atoms with van der Waals surface area (Å²) in [6.07, 6.45) is 0. The average molecular weight is 1620 g/mol. The zero-order valence-corrected chi connectivity index (χ0v) is 71.4. The summed E-state index contributed by atoms with van der Waals surface area (Å²) < 4.78 is 2.55. The minimum Gasteiger partial charge on any atom is -0.311 e. The van der Waals surface area contributed by atoms with Crippen LogP contribution in [0.3, 0.4) is 0 Å². The van der Waals surface area contributed by atoms with Crippen LogP contribution in [0.5, 0.6) is 0 Å². The molecule has 3 heterocycles. The van der Waals surface area contributed by atoms with Gasteiger partial charge in [0.1, 0.15) is 0 Å². The zero-order chi connectivity index (χ0) is 81.0. The third-order valence-corrected chi connectivity index (χ3v) is 45.5. The van der Waals surface area contributed by atoms with Crippen LogP contribution in [0.2, 0.25) is 0 Å². The van der Waals surface area contributed by atoms with E-state index in [4.69, 9.17) is 0 Å². The second-order valence-electron chi connectivity index (χ2n) is 32.4. The first-order chi connectivity index (χ1) is 60.5. The Labute approximate surface area is 718 Å². The molecular formula is C114H84BN3Si4. The van der Waals surface area contributed by atoms with Crippen LogP contribution in [0.4, 0.5) is 34.1 Å². The lowest BCUT2D eigenvalue weighted by molar-refractivity contribution is 1.16. The van der Waals surface area contributed by atoms with Crippen LogP contribution in [-0.2, 0) is 0 Å². The Kier molecular flexibility index (Phi) is 18.8. The van der Waals surface area contributed by atoms with Gasteiger partial charge < -0.3 is 14.4 Å². The number of anilines is 6. The second kappa shape index (κ2) is 31.0. The van der Waals surface area contributed by atoms with Crippen molar-refractivity contribution in [3.05, 3.63) is 510 Å². The van der Waals surface area contributed by atoms with Crippen LogP contribution in [0, 0.1) is 0 Å². The van der Waals surface area contributed by atoms with Gasteiger partial charge in [0.25, 0.3) is 6.71 Å². The number of fused-ring (bicyclic) bond motifs is 7. The fourth-order valence-corrected chi connectivity index (χ4v) is 40.4. The van der Waals surface area contributed by atoms with Gasteiger partial charge in [0.15, 0.2) is 32.3 Å². The van der Waals surface area contributed by atoms with Crippen LogP contribution in [-0.4, -0.2) is 43.6 Å². The lowest BCUT2D eigenvalue weighted by atomic mass is 9.33. The van der Waals surface area contributed by atoms with Gasteiger partial charge in [0.05, 0.1) is 16.7 Å². The van der Waals surface area contributed by atoms with Crippen molar-refractivity contribution in [2.24, 2.45) is 0 Å². The number of rotatable bonds is 19. The Bertz CT molecular complexity index is 6340. The first kappa shape index (κ1) is 73.9. The third-order valence-electron chi connectivity index (χ3n) is 26.4. The van der Waals surface area contributed by atoms with Crippen LogP contribution in [0.25, 0.3) is 27.5 Å². The number of nitrogens with zero attached hydrogens (tertiary/aromatic N) is 3. The van der Waals surface area contributed by atoms with Gasteiger partial charge in [-0.2, -0.15) is 0 Å². The molecule has 0 amide bonds. The maximum atomic E-state index is 2.71. The molecule has 19 aromatic carbocycles. The Hall–Kier alpha value is -14.5. The van der Waals surface area contributed by atoms with Crippen LogP contribution in [0.15, 0.2) is 510 Å². The van der Waals surface area contributed by atoms with Crippen LogP contribution in [0.1, 0.15) is 0 Å². The standard InChI is InChI=1S/C114H84BN3Si4/c1-13-41-88(42-14-1)119(89-43-15-2-16-44-89,90-45-17-3-18-46-90)100-73-69-85(70-74-100)116-110-79-77-102(121(94-53-25-7-26-54-94,95-55-27-8-28-56-95)96-57-29-9-30-58-96)83-106(110)115-107-84-103(122(97-59-31-10-32-60-97,98-61-33-11-34-62-98)99-63-35-12-36-64-99)78-80-111(107)117(113-82-87(81-112(116)114(113)115)118-108-67-39-37-65-104(108)105-66-38-40-68-109(105)118)86-71-75-101(76-72-86)120(91-47-19-4-20-48-91,92-49-21-5-22-50-92)93-51-23-6-24-52-93/h1-84H. The molecule has 0 fully saturated rings. The molecular weight excluding hydrogens is 1530 g/mol. The molecule has 8 heteroatoms. The summed E-state index contributed by atoms with van der Waals surface area (Å²) in [6.45, 7) is -0.338. The second-order valence-corrected chi connectivity index (χ2v) is 47.6. The van der Waals surface area contributed by atoms with Gasteiger partial charge in [0, 0.05) is 44.9 Å². The summed E-state index contributed by atoms with van der Waals surface area (Å²) in [6, 6.07) is 196. The highest BCUT2D eigenvalue weighted by atomic mass is 28.3. The number of hydrogen-bond donors (Lipinski definition) is 0. The molecule has 0 spiro atoms. The van der Waals surface area contributed by atoms with Crippen molar-refractivity contribution < 1.29 is 0 Å². The van der Waals surface area contributed by atoms with Crippen molar-refractivity contribution in [3.8, 4) is 5.69 Å². The molecule has 0 saturated heterocycles. The van der Waals surface area contributed by atoms with Crippen molar-refractivity contribution in [2.45, 2.75) is 0 Å². The summed E-state index contributed by atoms with van der Waals surface area (Å²) >= 11 is 0. The topological polar surface area (TPSA) is 11.4 Å². The predicted octanol–water partition coefficient (Wildman–Crippen LogP) is 14.4. The quantitative estimate of drug-likeness (QED) is 0.0590. The van der Waals surface area contributed by atoms with E-state index < -0.39 is 32.3 Å². The Morgan fingerprint density at radius 2 is 0.352 bits per heavy atom. The Morgan fingerprint density at radius 1 is 0.156 bits per heavy atom. The van der Waals surface area contributed by atoms with Crippen molar-refractivity contribution in [1.82, 2.24) is 4.57 Å². The van der Waals surface area contributed by atoms with E-state index in [2.05, 4.69) is 524 Å². The van der Waals surface area contributed by atoms with Gasteiger partial charge in [0.2, 0.25) is 0 Å². The molecule has 0 radical (unpaired) electrons. The normalized spacial score (nSPS) is 12.5. The molecule has 0 unspecified atom stereocenters. The lowest BCUT2D eigenvalue weighted by Gasteiger charge is -2.46. The van der Waals surface area contributed by atoms with Crippen molar-refractivity contribution >= 4 is 194 Å². The SMILES string of the molecule is c1ccc([Si](c2ccccc2)(c2ccccc2)c2ccc(N3c4ccc([Si](c5ccccc5)(c5ccccc5)c5ccccc5)cc4B4c5cc([Si](c6ccccc6)(c6ccccc6)c6ccccc6)ccc5N(c5ccc([Si](c6ccccc6)(c6ccccc6)c6ccccc6)cc5)c5cc(-n6c7ccccc7c7ccccc76)cc3c54)cc2)cc1. The summed E-state index contributed by atoms with van der Waals surface area (Å²) in [5, 5.41) is 23.6. The van der Waals surface area contributed by atoms with Crippen molar-refractivity contribution in [3.63, 3.8) is 0 Å². The maximum Gasteiger partial charge on any atom is 0.252 e. The van der Waals surface area contributed by atoms with Crippen LogP contribution < -0.4 is 109 Å². The Morgan fingerprint density at radius 3 is 0.590 bits per heavy atom. The molecule has 2 aliphatic rings. The average Bonchev–Trinajstić information content (AvgIpc) is 0.829. The third kappa shape index (κ3) is 11.7. The molecule has 0 atom stereocenters. The molecule has 0 saturated carbocycles. The summed E-state index contributed by atoms with van der Waals surface area (Å²) in [4.78, 5) is 5.35. The van der Waals surface area contributed by atoms with E-state index in [1.165, 1.54) is 110 Å². The van der Waals surface area contributed by atoms with E-state index in [0.29, 0.717) is 0 Å². The zero-order valence-electron chi connectivity index (χ0n) is 67.4. The molecule has 122 heavy (non-hydrogen) atoms. The largest absolute Gasteiger partial charge is 0.311 e. The van der Waals surface area contributed by atoms with Gasteiger partial charge >= 0.3 is 0 Å². The number of para-hydroxylation sites is 2. The highest BCUT2D eigenvalue weighted by Crippen LogP contribution is 2.47. The highest BCUT2D eigenvalue weighted by Gasteiger charge is 2.51. The van der Waals surface area contributed by atoms with Gasteiger partial charge in [-0.3, -0.25) is 0 Å². The fraction of sp³-hybridized carbons (Fsp3) is 0. The van der Waals surface area contributed by atoms with Crippen molar-refractivity contribution in [2.75, 3.05) is 9.80 Å². The van der Waals surface area contributed by atoms with Crippen LogP contribution >= 0.6 is 0 Å². The van der Waals surface area contributed by atoms with E-state index in [1.54, 1.807) is 0 Å². The molecule has 0 aliphatic carbocycles. The summed E-state index contributed by atoms with van der Waals surface area (Å²) in [7, 11) is -12.6. The summed E-state index contributed by atoms with van der Waals surface area (Å²) in [5.74, 6) is 0. The van der Waals surface area contributed by atoms with Gasteiger partial charge in [-0.25, -0.2) is 0 Å².